The van der Waals surface area contributed by atoms with Crippen molar-refractivity contribution < 1.29 is 33.6 Å². The number of amides is 1. The van der Waals surface area contributed by atoms with Crippen molar-refractivity contribution >= 4 is 17.4 Å². The number of unbranched alkanes of at least 4 members (excludes halogenated alkanes) is 1. The summed E-state index contributed by atoms with van der Waals surface area (Å²) in [6.07, 6.45) is 2.59. The van der Waals surface area contributed by atoms with Crippen LogP contribution in [-0.4, -0.2) is 86.3 Å². The van der Waals surface area contributed by atoms with Crippen LogP contribution in [0.15, 0.2) is 48.0 Å². The average molecular weight is 553 g/mol. The second kappa shape index (κ2) is 14.2. The first-order valence-corrected chi connectivity index (χ1v) is 14.1. The maximum Gasteiger partial charge on any atom is 0.295 e. The minimum atomic E-state index is -0.779. The molecular weight excluding hydrogens is 512 g/mol. The highest BCUT2D eigenvalue weighted by molar-refractivity contribution is 6.46. The summed E-state index contributed by atoms with van der Waals surface area (Å²) in [5.74, 6) is 0.0830. The van der Waals surface area contributed by atoms with E-state index in [0.29, 0.717) is 67.8 Å². The van der Waals surface area contributed by atoms with Crippen LogP contribution < -0.4 is 14.2 Å². The van der Waals surface area contributed by atoms with E-state index in [9.17, 15) is 14.7 Å². The molecule has 9 heteroatoms. The first-order chi connectivity index (χ1) is 19.5. The zero-order chi connectivity index (χ0) is 28.5. The Morgan fingerprint density at radius 1 is 1.00 bits per heavy atom. The van der Waals surface area contributed by atoms with Gasteiger partial charge in [-0.15, -0.1) is 0 Å². The van der Waals surface area contributed by atoms with Crippen LogP contribution in [0.2, 0.25) is 0 Å². The molecule has 0 bridgehead atoms. The molecule has 2 aliphatic heterocycles. The van der Waals surface area contributed by atoms with Gasteiger partial charge in [0.1, 0.15) is 11.5 Å². The van der Waals surface area contributed by atoms with Gasteiger partial charge in [-0.3, -0.25) is 14.5 Å². The normalized spacial score (nSPS) is 19.2. The Kier molecular flexibility index (Phi) is 10.4. The number of aliphatic hydroxyl groups excluding tert-OH is 1. The van der Waals surface area contributed by atoms with E-state index in [0.717, 1.165) is 32.5 Å². The first-order valence-electron chi connectivity index (χ1n) is 14.1. The highest BCUT2D eigenvalue weighted by Gasteiger charge is 2.46. The number of nitrogens with zero attached hydrogens (tertiary/aromatic N) is 2. The second-order valence-corrected chi connectivity index (χ2v) is 9.87. The molecule has 2 aromatic rings. The van der Waals surface area contributed by atoms with Crippen LogP contribution in [0.1, 0.15) is 50.3 Å². The largest absolute Gasteiger partial charge is 0.507 e. The molecule has 1 unspecified atom stereocenters. The number of Topliss-reactive ketones (excluding diaryl/α,β-unsaturated/α-hetero) is 1. The van der Waals surface area contributed by atoms with Crippen LogP contribution in [0.25, 0.3) is 5.76 Å². The number of aliphatic hydroxyl groups is 1. The summed E-state index contributed by atoms with van der Waals surface area (Å²) in [4.78, 5) is 30.7. The van der Waals surface area contributed by atoms with Gasteiger partial charge in [-0.2, -0.15) is 0 Å². The number of carbonyl (C=O) groups is 2. The average Bonchev–Trinajstić information content (AvgIpc) is 3.23. The maximum absolute atomic E-state index is 13.5. The lowest BCUT2D eigenvalue weighted by Gasteiger charge is -2.29. The van der Waals surface area contributed by atoms with Gasteiger partial charge in [-0.1, -0.05) is 31.5 Å². The smallest absolute Gasteiger partial charge is 0.295 e. The van der Waals surface area contributed by atoms with E-state index in [1.807, 2.05) is 19.1 Å². The molecule has 1 N–H and O–H groups in total. The minimum absolute atomic E-state index is 0.0493. The zero-order valence-corrected chi connectivity index (χ0v) is 23.7. The fraction of sp³-hybridized carbons (Fsp3) is 0.484. The second-order valence-electron chi connectivity index (χ2n) is 9.87. The van der Waals surface area contributed by atoms with E-state index in [2.05, 4.69) is 11.8 Å². The molecule has 0 aliphatic carbocycles. The summed E-state index contributed by atoms with van der Waals surface area (Å²) < 4.78 is 22.5. The van der Waals surface area contributed by atoms with Gasteiger partial charge in [0.05, 0.1) is 45.2 Å². The fourth-order valence-corrected chi connectivity index (χ4v) is 5.10. The number of hydrogen-bond acceptors (Lipinski definition) is 8. The summed E-state index contributed by atoms with van der Waals surface area (Å²) in [5, 5.41) is 11.5. The number of ketones is 1. The van der Waals surface area contributed by atoms with E-state index < -0.39 is 17.7 Å². The Hall–Kier alpha value is -3.56. The molecule has 0 saturated carbocycles. The summed E-state index contributed by atoms with van der Waals surface area (Å²) in [6, 6.07) is 11.6. The fourth-order valence-electron chi connectivity index (χ4n) is 5.10. The van der Waals surface area contributed by atoms with Crippen LogP contribution in [0.3, 0.4) is 0 Å². The Morgan fingerprint density at radius 2 is 1.80 bits per heavy atom. The number of methoxy groups -OCH3 is 1. The molecule has 4 rings (SSSR count). The SMILES string of the molecule is CCCCOc1cccc(C(O)=C2C(=O)C(=O)N(CCCN3CCOCC3)C2c2ccc(OCC)c(OC)c2)c1. The van der Waals surface area contributed by atoms with Crippen LogP contribution in [0.4, 0.5) is 0 Å². The van der Waals surface area contributed by atoms with Gasteiger partial charge in [-0.05, 0) is 49.6 Å². The Labute approximate surface area is 236 Å². The Balaban J connectivity index is 1.70. The standard InChI is InChI=1S/C31H40N2O7/c1-4-6-17-40-24-10-7-9-23(20-24)29(34)27-28(22-11-12-25(39-5-2)26(21-22)37-3)33(31(36)30(27)35)14-8-13-32-15-18-38-19-16-32/h7,9-12,20-21,28,34H,4-6,8,13-19H2,1-3H3. The van der Waals surface area contributed by atoms with Crippen molar-refractivity contribution in [3.05, 3.63) is 59.2 Å². The molecule has 0 spiro atoms. The third kappa shape index (κ3) is 6.77. The van der Waals surface area contributed by atoms with Gasteiger partial charge >= 0.3 is 0 Å². The van der Waals surface area contributed by atoms with Crippen molar-refractivity contribution in [1.82, 2.24) is 9.80 Å². The van der Waals surface area contributed by atoms with Crippen molar-refractivity contribution in [2.45, 2.75) is 39.2 Å². The van der Waals surface area contributed by atoms with Gasteiger partial charge < -0.3 is 29.0 Å². The van der Waals surface area contributed by atoms with Gasteiger partial charge in [0.15, 0.2) is 11.5 Å². The van der Waals surface area contributed by atoms with E-state index in [1.165, 1.54) is 0 Å². The molecular formula is C31H40N2O7. The van der Waals surface area contributed by atoms with Gasteiger partial charge in [-0.25, -0.2) is 0 Å². The summed E-state index contributed by atoms with van der Waals surface area (Å²) in [7, 11) is 1.55. The predicted octanol–water partition coefficient (Wildman–Crippen LogP) is 4.42. The number of morpholine rings is 1. The summed E-state index contributed by atoms with van der Waals surface area (Å²) in [5.41, 5.74) is 1.12. The van der Waals surface area contributed by atoms with Crippen LogP contribution in [0, 0.1) is 0 Å². The molecule has 0 radical (unpaired) electrons. The van der Waals surface area contributed by atoms with Crippen LogP contribution in [0.5, 0.6) is 17.2 Å². The van der Waals surface area contributed by atoms with Crippen molar-refractivity contribution in [1.29, 1.82) is 0 Å². The topological polar surface area (TPSA) is 97.8 Å². The molecule has 2 fully saturated rings. The number of carbonyl (C=O) groups excluding carboxylic acids is 2. The molecule has 1 atom stereocenters. The number of likely N-dealkylation sites (tertiary alicyclic amines) is 1. The highest BCUT2D eigenvalue weighted by Crippen LogP contribution is 2.42. The van der Waals surface area contributed by atoms with E-state index in [-0.39, 0.29) is 11.3 Å². The highest BCUT2D eigenvalue weighted by atomic mass is 16.5. The van der Waals surface area contributed by atoms with Gasteiger partial charge in [0, 0.05) is 31.7 Å². The Bertz CT molecular complexity index is 1210. The van der Waals surface area contributed by atoms with Crippen molar-refractivity contribution in [3.63, 3.8) is 0 Å². The number of ether oxygens (including phenoxy) is 4. The number of benzene rings is 2. The molecule has 0 aromatic heterocycles. The van der Waals surface area contributed by atoms with E-state index >= 15 is 0 Å². The first kappa shape index (κ1) is 29.4. The van der Waals surface area contributed by atoms with Crippen LogP contribution >= 0.6 is 0 Å². The van der Waals surface area contributed by atoms with Gasteiger partial charge in [0.25, 0.3) is 11.7 Å². The molecule has 216 valence electrons. The lowest BCUT2D eigenvalue weighted by atomic mass is 9.95. The van der Waals surface area contributed by atoms with Crippen molar-refractivity contribution in [2.24, 2.45) is 0 Å². The monoisotopic (exact) mass is 552 g/mol. The summed E-state index contributed by atoms with van der Waals surface area (Å²) in [6.45, 7) is 9.20. The third-order valence-electron chi connectivity index (χ3n) is 7.19. The quantitative estimate of drug-likeness (QED) is 0.169. The maximum atomic E-state index is 13.5. The molecule has 2 saturated heterocycles. The molecule has 9 nitrogen and oxygen atoms in total. The molecule has 40 heavy (non-hydrogen) atoms. The molecule has 1 amide bonds. The number of rotatable bonds is 13. The predicted molar refractivity (Wildman–Crippen MR) is 152 cm³/mol. The van der Waals surface area contributed by atoms with Gasteiger partial charge in [0.2, 0.25) is 0 Å². The number of hydrogen-bond donors (Lipinski definition) is 1. The lowest BCUT2D eigenvalue weighted by molar-refractivity contribution is -0.140. The van der Waals surface area contributed by atoms with Crippen molar-refractivity contribution in [3.8, 4) is 17.2 Å². The molecule has 2 aliphatic rings. The third-order valence-corrected chi connectivity index (χ3v) is 7.19. The lowest BCUT2D eigenvalue weighted by Crippen LogP contribution is -2.39. The van der Waals surface area contributed by atoms with Crippen molar-refractivity contribution in [2.75, 3.05) is 59.7 Å². The van der Waals surface area contributed by atoms with E-state index in [4.69, 9.17) is 18.9 Å². The van der Waals surface area contributed by atoms with E-state index in [1.54, 1.807) is 42.3 Å². The Morgan fingerprint density at radius 3 is 2.52 bits per heavy atom. The zero-order valence-electron chi connectivity index (χ0n) is 23.7. The van der Waals surface area contributed by atoms with Crippen LogP contribution in [-0.2, 0) is 14.3 Å². The summed E-state index contributed by atoms with van der Waals surface area (Å²) >= 11 is 0. The molecule has 2 heterocycles. The molecule has 2 aromatic carbocycles. The minimum Gasteiger partial charge on any atom is -0.507 e.